The first-order valence-electron chi connectivity index (χ1n) is 8.36. The van der Waals surface area contributed by atoms with Crippen LogP contribution in [0.3, 0.4) is 0 Å². The van der Waals surface area contributed by atoms with Gasteiger partial charge in [0.05, 0.1) is 6.61 Å². The predicted octanol–water partition coefficient (Wildman–Crippen LogP) is 4.63. The fraction of sp³-hybridized carbons (Fsp3) is 0.368. The molecule has 1 saturated carbocycles. The summed E-state index contributed by atoms with van der Waals surface area (Å²) < 4.78 is 20.2. The third-order valence-electron chi connectivity index (χ3n) is 3.96. The normalized spacial score (nSPS) is 13.6. The fourth-order valence-electron chi connectivity index (χ4n) is 2.40. The predicted molar refractivity (Wildman–Crippen MR) is 95.4 cm³/mol. The summed E-state index contributed by atoms with van der Waals surface area (Å²) in [7, 11) is 0. The summed E-state index contributed by atoms with van der Waals surface area (Å²) in [5.41, 5.74) is 1.51. The van der Waals surface area contributed by atoms with Gasteiger partial charge in [0.25, 0.3) is 0 Å². The molecule has 3 rings (SSSR count). The molecular formula is C19H20FNO3S. The second kappa shape index (κ2) is 8.34. The van der Waals surface area contributed by atoms with E-state index in [1.165, 1.54) is 30.7 Å². The van der Waals surface area contributed by atoms with Crippen molar-refractivity contribution in [3.05, 3.63) is 42.3 Å². The molecule has 0 atom stereocenters. The van der Waals surface area contributed by atoms with Gasteiger partial charge in [-0.15, -0.1) is 11.8 Å². The SMILES string of the molecule is O=C(O)CCCSc1ccc(-c2cccnc2OCC2CC2)cc1F. The number of carboxylic acids is 1. The van der Waals surface area contributed by atoms with Crippen molar-refractivity contribution in [3.63, 3.8) is 0 Å². The molecule has 1 fully saturated rings. The molecule has 1 heterocycles. The standard InChI is InChI=1S/C19H20FNO3S/c20-16-11-14(7-8-17(16)25-10-2-4-18(22)23)15-3-1-9-21-19(15)24-12-13-5-6-13/h1,3,7-9,11,13H,2,4-6,10,12H2,(H,22,23). The van der Waals surface area contributed by atoms with Crippen LogP contribution in [0.1, 0.15) is 25.7 Å². The molecule has 0 radical (unpaired) electrons. The van der Waals surface area contributed by atoms with E-state index < -0.39 is 5.97 Å². The van der Waals surface area contributed by atoms with Crippen molar-refractivity contribution >= 4 is 17.7 Å². The van der Waals surface area contributed by atoms with Crippen LogP contribution in [-0.2, 0) is 4.79 Å². The van der Waals surface area contributed by atoms with Gasteiger partial charge in [-0.1, -0.05) is 6.07 Å². The molecule has 0 aliphatic heterocycles. The zero-order chi connectivity index (χ0) is 17.6. The number of nitrogens with zero attached hydrogens (tertiary/aromatic N) is 1. The van der Waals surface area contributed by atoms with Crippen LogP contribution in [0, 0.1) is 11.7 Å². The van der Waals surface area contributed by atoms with Crippen LogP contribution in [0.4, 0.5) is 4.39 Å². The molecule has 0 spiro atoms. The number of thioether (sulfide) groups is 1. The van der Waals surface area contributed by atoms with E-state index >= 15 is 0 Å². The molecule has 6 heteroatoms. The molecule has 1 aromatic heterocycles. The second-order valence-electron chi connectivity index (χ2n) is 6.10. The minimum atomic E-state index is -0.827. The van der Waals surface area contributed by atoms with Crippen LogP contribution in [0.2, 0.25) is 0 Å². The van der Waals surface area contributed by atoms with Gasteiger partial charge in [-0.2, -0.15) is 0 Å². The maximum Gasteiger partial charge on any atom is 0.303 e. The summed E-state index contributed by atoms with van der Waals surface area (Å²) in [6.45, 7) is 0.657. The highest BCUT2D eigenvalue weighted by Crippen LogP contribution is 2.34. The minimum Gasteiger partial charge on any atom is -0.481 e. The van der Waals surface area contributed by atoms with Crippen molar-refractivity contribution in [2.45, 2.75) is 30.6 Å². The maximum absolute atomic E-state index is 14.4. The zero-order valence-electron chi connectivity index (χ0n) is 13.8. The number of carboxylic acid groups (broad SMARTS) is 1. The molecule has 1 aliphatic rings. The van der Waals surface area contributed by atoms with Crippen molar-refractivity contribution < 1.29 is 19.0 Å². The molecular weight excluding hydrogens is 341 g/mol. The summed E-state index contributed by atoms with van der Waals surface area (Å²) in [6.07, 6.45) is 4.69. The monoisotopic (exact) mass is 361 g/mol. The lowest BCUT2D eigenvalue weighted by molar-refractivity contribution is -0.137. The number of rotatable bonds is 9. The van der Waals surface area contributed by atoms with Gasteiger partial charge in [0.1, 0.15) is 5.82 Å². The molecule has 132 valence electrons. The summed E-state index contributed by atoms with van der Waals surface area (Å²) in [5.74, 6) is 0.596. The summed E-state index contributed by atoms with van der Waals surface area (Å²) in [6, 6.07) is 8.76. The van der Waals surface area contributed by atoms with Crippen molar-refractivity contribution in [2.24, 2.45) is 5.92 Å². The number of aromatic nitrogens is 1. The first-order chi connectivity index (χ1) is 12.1. The number of hydrogen-bond donors (Lipinski definition) is 1. The van der Waals surface area contributed by atoms with Crippen molar-refractivity contribution in [2.75, 3.05) is 12.4 Å². The van der Waals surface area contributed by atoms with Crippen molar-refractivity contribution in [3.8, 4) is 17.0 Å². The Hall–Kier alpha value is -2.08. The average molecular weight is 361 g/mol. The van der Waals surface area contributed by atoms with E-state index in [-0.39, 0.29) is 12.2 Å². The molecule has 0 amide bonds. The number of carbonyl (C=O) groups is 1. The van der Waals surface area contributed by atoms with Crippen LogP contribution < -0.4 is 4.74 Å². The first kappa shape index (κ1) is 17.7. The second-order valence-corrected chi connectivity index (χ2v) is 7.24. The summed E-state index contributed by atoms with van der Waals surface area (Å²) >= 11 is 1.33. The van der Waals surface area contributed by atoms with Crippen LogP contribution >= 0.6 is 11.8 Å². The van der Waals surface area contributed by atoms with E-state index in [1.807, 2.05) is 18.2 Å². The van der Waals surface area contributed by atoms with Crippen molar-refractivity contribution in [1.29, 1.82) is 0 Å². The molecule has 0 bridgehead atoms. The first-order valence-corrected chi connectivity index (χ1v) is 9.34. The van der Waals surface area contributed by atoms with Crippen LogP contribution in [0.25, 0.3) is 11.1 Å². The molecule has 25 heavy (non-hydrogen) atoms. The van der Waals surface area contributed by atoms with Gasteiger partial charge in [-0.3, -0.25) is 4.79 Å². The van der Waals surface area contributed by atoms with E-state index in [1.54, 1.807) is 12.3 Å². The van der Waals surface area contributed by atoms with Crippen LogP contribution in [-0.4, -0.2) is 28.4 Å². The number of benzene rings is 1. The lowest BCUT2D eigenvalue weighted by Crippen LogP contribution is -2.02. The Morgan fingerprint density at radius 2 is 2.20 bits per heavy atom. The highest BCUT2D eigenvalue weighted by atomic mass is 32.2. The van der Waals surface area contributed by atoms with E-state index in [0.717, 1.165) is 11.1 Å². The largest absolute Gasteiger partial charge is 0.481 e. The zero-order valence-corrected chi connectivity index (χ0v) is 14.6. The van der Waals surface area contributed by atoms with Gasteiger partial charge < -0.3 is 9.84 Å². The third-order valence-corrected chi connectivity index (χ3v) is 5.09. The maximum atomic E-state index is 14.4. The summed E-state index contributed by atoms with van der Waals surface area (Å²) in [4.78, 5) is 15.3. The van der Waals surface area contributed by atoms with Crippen LogP contribution in [0.15, 0.2) is 41.4 Å². The third kappa shape index (κ3) is 5.19. The average Bonchev–Trinajstić information content (AvgIpc) is 3.42. The molecule has 4 nitrogen and oxygen atoms in total. The lowest BCUT2D eigenvalue weighted by atomic mass is 10.1. The fourth-order valence-corrected chi connectivity index (χ4v) is 3.27. The molecule has 0 unspecified atom stereocenters. The highest BCUT2D eigenvalue weighted by molar-refractivity contribution is 7.99. The van der Waals surface area contributed by atoms with E-state index in [9.17, 15) is 9.18 Å². The van der Waals surface area contributed by atoms with Crippen molar-refractivity contribution in [1.82, 2.24) is 4.98 Å². The van der Waals surface area contributed by atoms with Gasteiger partial charge >= 0.3 is 5.97 Å². The number of aliphatic carboxylic acids is 1. The van der Waals surface area contributed by atoms with Gasteiger partial charge in [0.2, 0.25) is 5.88 Å². The molecule has 0 saturated heterocycles. The summed E-state index contributed by atoms with van der Waals surface area (Å²) in [5, 5.41) is 8.63. The Labute approximate surface area is 150 Å². The number of hydrogen-bond acceptors (Lipinski definition) is 4. The van der Waals surface area contributed by atoms with E-state index in [4.69, 9.17) is 9.84 Å². The molecule has 1 N–H and O–H groups in total. The Kier molecular flexibility index (Phi) is 5.91. The lowest BCUT2D eigenvalue weighted by Gasteiger charge is -2.11. The Bertz CT molecular complexity index is 749. The number of pyridine rings is 1. The van der Waals surface area contributed by atoms with E-state index in [0.29, 0.717) is 35.5 Å². The van der Waals surface area contributed by atoms with Gasteiger partial charge in [0.15, 0.2) is 0 Å². The smallest absolute Gasteiger partial charge is 0.303 e. The molecule has 1 aliphatic carbocycles. The number of halogens is 1. The van der Waals surface area contributed by atoms with Gasteiger partial charge in [0, 0.05) is 23.1 Å². The Morgan fingerprint density at radius 1 is 1.36 bits per heavy atom. The topological polar surface area (TPSA) is 59.4 Å². The van der Waals surface area contributed by atoms with E-state index in [2.05, 4.69) is 4.98 Å². The Balaban J connectivity index is 1.68. The highest BCUT2D eigenvalue weighted by Gasteiger charge is 2.23. The Morgan fingerprint density at radius 3 is 2.92 bits per heavy atom. The minimum absolute atomic E-state index is 0.101. The molecule has 1 aromatic carbocycles. The quantitative estimate of drug-likeness (QED) is 0.521. The number of ether oxygens (including phenoxy) is 1. The molecule has 2 aromatic rings. The van der Waals surface area contributed by atoms with Crippen LogP contribution in [0.5, 0.6) is 5.88 Å². The van der Waals surface area contributed by atoms with Gasteiger partial charge in [-0.25, -0.2) is 9.37 Å². The van der Waals surface area contributed by atoms with Gasteiger partial charge in [-0.05, 0) is 60.8 Å².